The van der Waals surface area contributed by atoms with Crippen molar-refractivity contribution >= 4 is 5.97 Å². The molecular weight excluding hydrogens is 160 g/mol. The maximum Gasteiger partial charge on any atom is 0.302 e. The van der Waals surface area contributed by atoms with Gasteiger partial charge in [-0.25, -0.2) is 0 Å². The van der Waals surface area contributed by atoms with Crippen molar-refractivity contribution in [1.29, 1.82) is 0 Å². The summed E-state index contributed by atoms with van der Waals surface area (Å²) in [7, 11) is 0. The van der Waals surface area contributed by atoms with E-state index in [1.54, 1.807) is 0 Å². The average molecular weight is 174 g/mol. The zero-order valence-corrected chi connectivity index (χ0v) is 7.62. The van der Waals surface area contributed by atoms with Crippen molar-refractivity contribution in [1.82, 2.24) is 0 Å². The molecule has 0 aromatic carbocycles. The molecule has 1 saturated heterocycles. The summed E-state index contributed by atoms with van der Waals surface area (Å²) in [6, 6.07) is 0. The van der Waals surface area contributed by atoms with Gasteiger partial charge in [-0.15, -0.1) is 0 Å². The molecule has 0 N–H and O–H groups in total. The molecule has 1 fully saturated rings. The summed E-state index contributed by atoms with van der Waals surface area (Å²) >= 11 is 0. The van der Waals surface area contributed by atoms with E-state index >= 15 is 0 Å². The summed E-state index contributed by atoms with van der Waals surface area (Å²) in [5.74, 6) is -0.825. The molecule has 0 radical (unpaired) electrons. The maximum atomic E-state index is 10.4. The third kappa shape index (κ3) is 2.79. The van der Waals surface area contributed by atoms with Gasteiger partial charge in [0.25, 0.3) is 0 Å². The molecule has 70 valence electrons. The molecule has 0 spiro atoms. The Balaban J connectivity index is 2.24. The Morgan fingerprint density at radius 2 is 2.33 bits per heavy atom. The van der Waals surface area contributed by atoms with Crippen molar-refractivity contribution in [3.8, 4) is 0 Å². The molecule has 0 amide bonds. The second-order valence-electron chi connectivity index (χ2n) is 3.25. The minimum absolute atomic E-state index is 0.121. The fraction of sp³-hybridized carbons (Fsp3) is 0.875. The lowest BCUT2D eigenvalue weighted by atomic mass is 10.4. The van der Waals surface area contributed by atoms with Crippen LogP contribution in [0.4, 0.5) is 0 Å². The molecule has 0 unspecified atom stereocenters. The Morgan fingerprint density at radius 3 is 2.75 bits per heavy atom. The summed E-state index contributed by atoms with van der Waals surface area (Å²) in [5.41, 5.74) is 0. The molecule has 0 aromatic rings. The molecule has 12 heavy (non-hydrogen) atoms. The standard InChI is InChI=1S/C8H14O4/c1-6(9)10-4-7-5-11-8(2,3)12-7/h7H,4-5H2,1-3H3/t7-/m1/s1. The van der Waals surface area contributed by atoms with Gasteiger partial charge in [0.2, 0.25) is 0 Å². The number of esters is 1. The van der Waals surface area contributed by atoms with Crippen molar-refractivity contribution in [3.63, 3.8) is 0 Å². The first-order valence-corrected chi connectivity index (χ1v) is 3.95. The monoisotopic (exact) mass is 174 g/mol. The number of rotatable bonds is 2. The van der Waals surface area contributed by atoms with E-state index in [1.165, 1.54) is 6.92 Å². The van der Waals surface area contributed by atoms with Crippen molar-refractivity contribution in [2.45, 2.75) is 32.7 Å². The number of hydrogen-bond acceptors (Lipinski definition) is 4. The molecule has 4 nitrogen and oxygen atoms in total. The van der Waals surface area contributed by atoms with Crippen LogP contribution in [0.1, 0.15) is 20.8 Å². The van der Waals surface area contributed by atoms with Crippen LogP contribution < -0.4 is 0 Å². The molecule has 0 aliphatic carbocycles. The fourth-order valence-electron chi connectivity index (χ4n) is 1.06. The summed E-state index contributed by atoms with van der Waals surface area (Å²) in [6.45, 7) is 5.81. The van der Waals surface area contributed by atoms with E-state index < -0.39 is 5.79 Å². The normalized spacial score (nSPS) is 27.1. The average Bonchev–Trinajstić information content (AvgIpc) is 2.26. The fourth-order valence-corrected chi connectivity index (χ4v) is 1.06. The van der Waals surface area contributed by atoms with Crippen LogP contribution in [0.25, 0.3) is 0 Å². The SMILES string of the molecule is CC(=O)OC[C@@H]1COC(C)(C)O1. The number of ether oxygens (including phenoxy) is 3. The minimum Gasteiger partial charge on any atom is -0.463 e. The van der Waals surface area contributed by atoms with E-state index in [9.17, 15) is 4.79 Å². The summed E-state index contributed by atoms with van der Waals surface area (Å²) in [4.78, 5) is 10.4. The van der Waals surface area contributed by atoms with Crippen molar-refractivity contribution in [3.05, 3.63) is 0 Å². The predicted molar refractivity (Wildman–Crippen MR) is 41.5 cm³/mol. The lowest BCUT2D eigenvalue weighted by Crippen LogP contribution is -2.24. The Bertz CT molecular complexity index is 176. The number of carbonyl (C=O) groups excluding carboxylic acids is 1. The smallest absolute Gasteiger partial charge is 0.302 e. The van der Waals surface area contributed by atoms with Crippen LogP contribution in [0.3, 0.4) is 0 Å². The van der Waals surface area contributed by atoms with Crippen LogP contribution >= 0.6 is 0 Å². The molecule has 1 rings (SSSR count). The van der Waals surface area contributed by atoms with Crippen LogP contribution in [-0.2, 0) is 19.0 Å². The second kappa shape index (κ2) is 3.41. The largest absolute Gasteiger partial charge is 0.463 e. The van der Waals surface area contributed by atoms with Gasteiger partial charge in [-0.3, -0.25) is 4.79 Å². The number of hydrogen-bond donors (Lipinski definition) is 0. The molecular formula is C8H14O4. The van der Waals surface area contributed by atoms with E-state index in [-0.39, 0.29) is 18.7 Å². The minimum atomic E-state index is -0.537. The van der Waals surface area contributed by atoms with Crippen LogP contribution in [0.5, 0.6) is 0 Å². The molecule has 1 heterocycles. The van der Waals surface area contributed by atoms with Crippen molar-refractivity contribution in [2.75, 3.05) is 13.2 Å². The highest BCUT2D eigenvalue weighted by Gasteiger charge is 2.32. The molecule has 1 atom stereocenters. The van der Waals surface area contributed by atoms with Crippen molar-refractivity contribution < 1.29 is 19.0 Å². The predicted octanol–water partition coefficient (Wildman–Crippen LogP) is 0.701. The second-order valence-corrected chi connectivity index (χ2v) is 3.25. The first kappa shape index (κ1) is 9.48. The van der Waals surface area contributed by atoms with E-state index in [0.29, 0.717) is 6.61 Å². The molecule has 0 saturated carbocycles. The van der Waals surface area contributed by atoms with E-state index in [4.69, 9.17) is 14.2 Å². The first-order chi connectivity index (χ1) is 5.49. The molecule has 1 aliphatic rings. The molecule has 4 heteroatoms. The quantitative estimate of drug-likeness (QED) is 0.578. The third-order valence-electron chi connectivity index (χ3n) is 1.54. The Morgan fingerprint density at radius 1 is 1.67 bits per heavy atom. The van der Waals surface area contributed by atoms with Gasteiger partial charge in [0.05, 0.1) is 6.61 Å². The van der Waals surface area contributed by atoms with E-state index in [1.807, 2.05) is 13.8 Å². The lowest BCUT2D eigenvalue weighted by molar-refractivity contribution is -0.156. The van der Waals surface area contributed by atoms with Gasteiger partial charge in [-0.2, -0.15) is 0 Å². The highest BCUT2D eigenvalue weighted by molar-refractivity contribution is 5.65. The summed E-state index contributed by atoms with van der Waals surface area (Å²) < 4.78 is 15.4. The maximum absolute atomic E-state index is 10.4. The zero-order chi connectivity index (χ0) is 9.19. The van der Waals surface area contributed by atoms with Crippen LogP contribution in [0.2, 0.25) is 0 Å². The van der Waals surface area contributed by atoms with Crippen molar-refractivity contribution in [2.24, 2.45) is 0 Å². The van der Waals surface area contributed by atoms with Gasteiger partial charge in [0.1, 0.15) is 12.7 Å². The van der Waals surface area contributed by atoms with E-state index in [0.717, 1.165) is 0 Å². The third-order valence-corrected chi connectivity index (χ3v) is 1.54. The van der Waals surface area contributed by atoms with Crippen LogP contribution in [0.15, 0.2) is 0 Å². The van der Waals surface area contributed by atoms with Gasteiger partial charge in [-0.05, 0) is 13.8 Å². The van der Waals surface area contributed by atoms with Gasteiger partial charge < -0.3 is 14.2 Å². The summed E-state index contributed by atoms with van der Waals surface area (Å²) in [6.07, 6.45) is -0.121. The lowest BCUT2D eigenvalue weighted by Gasteiger charge is -2.16. The Hall–Kier alpha value is -0.610. The highest BCUT2D eigenvalue weighted by Crippen LogP contribution is 2.22. The number of carbonyl (C=O) groups is 1. The molecule has 1 aliphatic heterocycles. The van der Waals surface area contributed by atoms with Crippen LogP contribution in [0, 0.1) is 0 Å². The zero-order valence-electron chi connectivity index (χ0n) is 7.62. The van der Waals surface area contributed by atoms with Gasteiger partial charge in [0.15, 0.2) is 5.79 Å². The first-order valence-electron chi connectivity index (χ1n) is 3.95. The summed E-state index contributed by atoms with van der Waals surface area (Å²) in [5, 5.41) is 0. The Kier molecular flexibility index (Phi) is 2.69. The molecule has 0 bridgehead atoms. The highest BCUT2D eigenvalue weighted by atomic mass is 16.7. The van der Waals surface area contributed by atoms with Crippen LogP contribution in [-0.4, -0.2) is 31.1 Å². The van der Waals surface area contributed by atoms with Gasteiger partial charge >= 0.3 is 5.97 Å². The topological polar surface area (TPSA) is 44.8 Å². The molecule has 0 aromatic heterocycles. The van der Waals surface area contributed by atoms with Gasteiger partial charge in [0, 0.05) is 6.92 Å². The van der Waals surface area contributed by atoms with E-state index in [2.05, 4.69) is 0 Å². The Labute approximate surface area is 71.8 Å². The van der Waals surface area contributed by atoms with Gasteiger partial charge in [-0.1, -0.05) is 0 Å².